The summed E-state index contributed by atoms with van der Waals surface area (Å²) in [6, 6.07) is 5.11. The minimum atomic E-state index is -0.166. The number of halogens is 3. The number of hydrogen-bond donors (Lipinski definition) is 1. The molecule has 0 bridgehead atoms. The van der Waals surface area contributed by atoms with Crippen LogP contribution < -0.4 is 5.32 Å². The topological polar surface area (TPSA) is 29.1 Å². The van der Waals surface area contributed by atoms with Crippen molar-refractivity contribution >= 4 is 45.0 Å². The Labute approximate surface area is 120 Å². The molecule has 1 aromatic rings. The van der Waals surface area contributed by atoms with E-state index in [1.165, 1.54) is 0 Å². The molecular formula is C12H14BrCl2NO. The van der Waals surface area contributed by atoms with E-state index in [2.05, 4.69) is 28.2 Å². The van der Waals surface area contributed by atoms with E-state index >= 15 is 0 Å². The van der Waals surface area contributed by atoms with Crippen LogP contribution in [-0.2, 0) is 0 Å². The predicted molar refractivity (Wildman–Crippen MR) is 76.0 cm³/mol. The monoisotopic (exact) mass is 337 g/mol. The molecule has 0 spiro atoms. The van der Waals surface area contributed by atoms with Gasteiger partial charge in [-0.05, 0) is 40.5 Å². The summed E-state index contributed by atoms with van der Waals surface area (Å²) < 4.78 is 0.723. The molecule has 17 heavy (non-hydrogen) atoms. The van der Waals surface area contributed by atoms with Gasteiger partial charge < -0.3 is 5.32 Å². The van der Waals surface area contributed by atoms with E-state index in [1.54, 1.807) is 18.2 Å². The molecular weight excluding hydrogens is 325 g/mol. The third-order valence-electron chi connectivity index (χ3n) is 2.26. The lowest BCUT2D eigenvalue weighted by atomic mass is 10.2. The highest BCUT2D eigenvalue weighted by atomic mass is 79.9. The van der Waals surface area contributed by atoms with Crippen LogP contribution in [0.1, 0.15) is 30.1 Å². The van der Waals surface area contributed by atoms with Crippen LogP contribution in [0.5, 0.6) is 0 Å². The normalized spacial score (nSPS) is 12.2. The quantitative estimate of drug-likeness (QED) is 0.799. The van der Waals surface area contributed by atoms with Gasteiger partial charge in [-0.25, -0.2) is 0 Å². The molecule has 0 fully saturated rings. The van der Waals surface area contributed by atoms with Crippen molar-refractivity contribution in [3.63, 3.8) is 0 Å². The fourth-order valence-corrected chi connectivity index (χ4v) is 2.28. The Hall–Kier alpha value is -0.250. The molecule has 0 saturated heterocycles. The van der Waals surface area contributed by atoms with Gasteiger partial charge in [0, 0.05) is 16.0 Å². The zero-order valence-electron chi connectivity index (χ0n) is 9.47. The summed E-state index contributed by atoms with van der Waals surface area (Å²) in [6.07, 6.45) is 1.89. The Morgan fingerprint density at radius 2 is 2.24 bits per heavy atom. The first kappa shape index (κ1) is 14.8. The first-order valence-corrected chi connectivity index (χ1v) is 7.02. The second kappa shape index (κ2) is 7.24. The van der Waals surface area contributed by atoms with Gasteiger partial charge in [-0.1, -0.05) is 24.9 Å². The number of alkyl halides is 1. The van der Waals surface area contributed by atoms with E-state index in [0.29, 0.717) is 17.1 Å². The highest BCUT2D eigenvalue weighted by Crippen LogP contribution is 2.21. The number of rotatable bonds is 5. The van der Waals surface area contributed by atoms with Crippen molar-refractivity contribution in [2.45, 2.75) is 25.1 Å². The SMILES string of the molecule is CCCC(Cl)CNC(=O)c1cc(Cl)ccc1Br. The van der Waals surface area contributed by atoms with Crippen molar-refractivity contribution in [3.05, 3.63) is 33.3 Å². The Morgan fingerprint density at radius 1 is 1.53 bits per heavy atom. The van der Waals surface area contributed by atoms with Crippen molar-refractivity contribution in [1.82, 2.24) is 5.32 Å². The van der Waals surface area contributed by atoms with Crippen LogP contribution >= 0.6 is 39.1 Å². The van der Waals surface area contributed by atoms with Crippen LogP contribution in [0.4, 0.5) is 0 Å². The van der Waals surface area contributed by atoms with Gasteiger partial charge in [0.25, 0.3) is 5.91 Å². The van der Waals surface area contributed by atoms with Gasteiger partial charge in [-0.3, -0.25) is 4.79 Å². The van der Waals surface area contributed by atoms with Crippen LogP contribution in [0.25, 0.3) is 0 Å². The molecule has 0 heterocycles. The van der Waals surface area contributed by atoms with Crippen molar-refractivity contribution in [2.75, 3.05) is 6.54 Å². The third kappa shape index (κ3) is 4.86. The summed E-state index contributed by atoms with van der Waals surface area (Å²) in [6.45, 7) is 2.53. The molecule has 1 amide bonds. The van der Waals surface area contributed by atoms with Gasteiger partial charge in [0.1, 0.15) is 0 Å². The van der Waals surface area contributed by atoms with Crippen molar-refractivity contribution in [1.29, 1.82) is 0 Å². The molecule has 0 aliphatic heterocycles. The fourth-order valence-electron chi connectivity index (χ4n) is 1.39. The second-order valence-electron chi connectivity index (χ2n) is 3.72. The maximum Gasteiger partial charge on any atom is 0.252 e. The lowest BCUT2D eigenvalue weighted by Gasteiger charge is -2.10. The summed E-state index contributed by atoms with van der Waals surface area (Å²) >= 11 is 15.2. The van der Waals surface area contributed by atoms with Gasteiger partial charge in [0.05, 0.1) is 10.9 Å². The fraction of sp³-hybridized carbons (Fsp3) is 0.417. The second-order valence-corrected chi connectivity index (χ2v) is 5.63. The first-order valence-electron chi connectivity index (χ1n) is 5.42. The van der Waals surface area contributed by atoms with E-state index in [1.807, 2.05) is 0 Å². The summed E-state index contributed by atoms with van der Waals surface area (Å²) in [5.41, 5.74) is 0.526. The molecule has 2 nitrogen and oxygen atoms in total. The van der Waals surface area contributed by atoms with Crippen LogP contribution in [-0.4, -0.2) is 17.8 Å². The first-order chi connectivity index (χ1) is 8.04. The van der Waals surface area contributed by atoms with Crippen LogP contribution in [0.3, 0.4) is 0 Å². The Kier molecular flexibility index (Phi) is 6.31. The van der Waals surface area contributed by atoms with Crippen molar-refractivity contribution in [2.24, 2.45) is 0 Å². The molecule has 0 radical (unpaired) electrons. The lowest BCUT2D eigenvalue weighted by molar-refractivity contribution is 0.0952. The highest BCUT2D eigenvalue weighted by molar-refractivity contribution is 9.10. The summed E-state index contributed by atoms with van der Waals surface area (Å²) in [4.78, 5) is 11.9. The minimum absolute atomic E-state index is 0.0260. The number of amides is 1. The largest absolute Gasteiger partial charge is 0.351 e. The molecule has 5 heteroatoms. The summed E-state index contributed by atoms with van der Waals surface area (Å²) in [5.74, 6) is -0.166. The molecule has 1 unspecified atom stereocenters. The van der Waals surface area contributed by atoms with Gasteiger partial charge in [-0.2, -0.15) is 0 Å². The summed E-state index contributed by atoms with van der Waals surface area (Å²) in [5, 5.41) is 3.30. The zero-order valence-corrected chi connectivity index (χ0v) is 12.6. The van der Waals surface area contributed by atoms with Gasteiger partial charge in [0.2, 0.25) is 0 Å². The van der Waals surface area contributed by atoms with Crippen LogP contribution in [0.15, 0.2) is 22.7 Å². The lowest BCUT2D eigenvalue weighted by Crippen LogP contribution is -2.29. The van der Waals surface area contributed by atoms with E-state index in [4.69, 9.17) is 23.2 Å². The van der Waals surface area contributed by atoms with Crippen molar-refractivity contribution in [3.8, 4) is 0 Å². The molecule has 0 aliphatic rings. The zero-order chi connectivity index (χ0) is 12.8. The summed E-state index contributed by atoms with van der Waals surface area (Å²) in [7, 11) is 0. The van der Waals surface area contributed by atoms with Gasteiger partial charge in [-0.15, -0.1) is 11.6 Å². The molecule has 0 saturated carbocycles. The van der Waals surface area contributed by atoms with Gasteiger partial charge >= 0.3 is 0 Å². The van der Waals surface area contributed by atoms with E-state index in [9.17, 15) is 4.79 Å². The number of carbonyl (C=O) groups excluding carboxylic acids is 1. The Bertz CT molecular complexity index is 398. The molecule has 1 N–H and O–H groups in total. The van der Waals surface area contributed by atoms with E-state index in [-0.39, 0.29) is 11.3 Å². The third-order valence-corrected chi connectivity index (χ3v) is 3.56. The molecule has 0 aliphatic carbocycles. The standard InChI is InChI=1S/C12H14BrCl2NO/c1-2-3-9(15)7-16-12(17)10-6-8(14)4-5-11(10)13/h4-6,9H,2-3,7H2,1H3,(H,16,17). The Balaban J connectivity index is 2.61. The minimum Gasteiger partial charge on any atom is -0.351 e. The maximum atomic E-state index is 11.9. The molecule has 0 aromatic heterocycles. The van der Waals surface area contributed by atoms with E-state index in [0.717, 1.165) is 17.3 Å². The number of benzene rings is 1. The maximum absolute atomic E-state index is 11.9. The Morgan fingerprint density at radius 3 is 2.88 bits per heavy atom. The average molecular weight is 339 g/mol. The molecule has 1 rings (SSSR count). The molecule has 1 atom stereocenters. The van der Waals surface area contributed by atoms with Crippen molar-refractivity contribution < 1.29 is 4.79 Å². The molecule has 94 valence electrons. The number of nitrogens with one attached hydrogen (secondary N) is 1. The van der Waals surface area contributed by atoms with Crippen LogP contribution in [0.2, 0.25) is 5.02 Å². The smallest absolute Gasteiger partial charge is 0.252 e. The number of carbonyl (C=O) groups is 1. The average Bonchev–Trinajstić information content (AvgIpc) is 2.29. The van der Waals surface area contributed by atoms with E-state index < -0.39 is 0 Å². The molecule has 1 aromatic carbocycles. The number of hydrogen-bond acceptors (Lipinski definition) is 1. The van der Waals surface area contributed by atoms with Gasteiger partial charge in [0.15, 0.2) is 0 Å². The van der Waals surface area contributed by atoms with Crippen LogP contribution in [0, 0.1) is 0 Å². The highest BCUT2D eigenvalue weighted by Gasteiger charge is 2.12. The predicted octanol–water partition coefficient (Wildman–Crippen LogP) is 4.24.